The van der Waals surface area contributed by atoms with Gasteiger partial charge in [0, 0.05) is 19.3 Å². The zero-order chi connectivity index (χ0) is 16.1. The number of rotatable bonds is 6. The number of aromatic nitrogens is 2. The zero-order valence-corrected chi connectivity index (χ0v) is 13.3. The van der Waals surface area contributed by atoms with Crippen molar-refractivity contribution in [1.29, 1.82) is 0 Å². The second kappa shape index (κ2) is 7.22. The summed E-state index contributed by atoms with van der Waals surface area (Å²) >= 11 is 0. The third-order valence-electron chi connectivity index (χ3n) is 3.62. The van der Waals surface area contributed by atoms with E-state index in [-0.39, 0.29) is 11.9 Å². The summed E-state index contributed by atoms with van der Waals surface area (Å²) in [7, 11) is 1.80. The number of benzene rings is 1. The topological polar surface area (TPSA) is 67.2 Å². The van der Waals surface area contributed by atoms with E-state index in [1.54, 1.807) is 17.9 Å². The number of carbonyl (C=O) groups is 1. The molecule has 0 aliphatic heterocycles. The summed E-state index contributed by atoms with van der Waals surface area (Å²) < 4.78 is 1.65. The molecular weight excluding hydrogens is 278 g/mol. The van der Waals surface area contributed by atoms with Gasteiger partial charge in [0.15, 0.2) is 0 Å². The number of amides is 1. The highest BCUT2D eigenvalue weighted by Crippen LogP contribution is 2.18. The van der Waals surface area contributed by atoms with E-state index in [2.05, 4.69) is 10.4 Å². The van der Waals surface area contributed by atoms with Crippen molar-refractivity contribution in [2.45, 2.75) is 38.8 Å². The highest BCUT2D eigenvalue weighted by molar-refractivity contribution is 5.95. The second-order valence-corrected chi connectivity index (χ2v) is 5.55. The van der Waals surface area contributed by atoms with Crippen LogP contribution in [0, 0.1) is 0 Å². The molecule has 2 unspecified atom stereocenters. The maximum Gasteiger partial charge on any atom is 0.254 e. The molecule has 0 spiro atoms. The molecule has 0 bridgehead atoms. The molecule has 1 amide bonds. The molecule has 1 aromatic carbocycles. The number of hydrogen-bond donors (Lipinski definition) is 2. The Balaban J connectivity index is 1.96. The van der Waals surface area contributed by atoms with Gasteiger partial charge in [-0.05, 0) is 25.3 Å². The Labute approximate surface area is 131 Å². The minimum absolute atomic E-state index is 0.132. The highest BCUT2D eigenvalue weighted by Gasteiger charge is 2.18. The molecule has 1 heterocycles. The Morgan fingerprint density at radius 1 is 1.36 bits per heavy atom. The van der Waals surface area contributed by atoms with Gasteiger partial charge >= 0.3 is 0 Å². The largest absolute Gasteiger partial charge is 0.388 e. The summed E-state index contributed by atoms with van der Waals surface area (Å²) in [5, 5.41) is 17.4. The predicted molar refractivity (Wildman–Crippen MR) is 85.5 cm³/mol. The number of aliphatic hydroxyl groups excluding tert-OH is 1. The maximum atomic E-state index is 12.3. The summed E-state index contributed by atoms with van der Waals surface area (Å²) in [6, 6.07) is 9.34. The van der Waals surface area contributed by atoms with Gasteiger partial charge in [-0.3, -0.25) is 9.48 Å². The minimum Gasteiger partial charge on any atom is -0.388 e. The van der Waals surface area contributed by atoms with Crippen molar-refractivity contribution in [2.75, 3.05) is 0 Å². The SMILES string of the molecule is CCc1nn(C)cc1C(=O)NC(C)CC(O)c1ccccc1. The van der Waals surface area contributed by atoms with Crippen molar-refractivity contribution in [1.82, 2.24) is 15.1 Å². The smallest absolute Gasteiger partial charge is 0.254 e. The van der Waals surface area contributed by atoms with Crippen molar-refractivity contribution in [3.8, 4) is 0 Å². The van der Waals surface area contributed by atoms with Crippen LogP contribution in [0.1, 0.15) is 48.0 Å². The van der Waals surface area contributed by atoms with Crippen LogP contribution >= 0.6 is 0 Å². The molecule has 2 N–H and O–H groups in total. The van der Waals surface area contributed by atoms with E-state index in [0.29, 0.717) is 18.4 Å². The quantitative estimate of drug-likeness (QED) is 0.859. The third-order valence-corrected chi connectivity index (χ3v) is 3.62. The Bertz CT molecular complexity index is 622. The number of aliphatic hydroxyl groups is 1. The van der Waals surface area contributed by atoms with Crippen molar-refractivity contribution < 1.29 is 9.90 Å². The molecule has 0 aliphatic rings. The van der Waals surface area contributed by atoms with Crippen LogP contribution in [0.15, 0.2) is 36.5 Å². The summed E-state index contributed by atoms with van der Waals surface area (Å²) in [6.07, 6.45) is 2.33. The van der Waals surface area contributed by atoms with Gasteiger partial charge in [-0.25, -0.2) is 0 Å². The summed E-state index contributed by atoms with van der Waals surface area (Å²) in [5.74, 6) is -0.141. The van der Waals surface area contributed by atoms with Crippen molar-refractivity contribution in [3.05, 3.63) is 53.3 Å². The van der Waals surface area contributed by atoms with Gasteiger partial charge < -0.3 is 10.4 Å². The minimum atomic E-state index is -0.587. The number of nitrogens with one attached hydrogen (secondary N) is 1. The number of aryl methyl sites for hydroxylation is 2. The average Bonchev–Trinajstić information content (AvgIpc) is 2.89. The van der Waals surface area contributed by atoms with E-state index in [1.807, 2.05) is 44.2 Å². The van der Waals surface area contributed by atoms with Crippen LogP contribution in [0.4, 0.5) is 0 Å². The Kier molecular flexibility index (Phi) is 5.33. The molecule has 2 atom stereocenters. The number of carbonyl (C=O) groups excluding carboxylic acids is 1. The average molecular weight is 301 g/mol. The van der Waals surface area contributed by atoms with Gasteiger partial charge in [0.05, 0.1) is 17.4 Å². The molecule has 118 valence electrons. The summed E-state index contributed by atoms with van der Waals surface area (Å²) in [6.45, 7) is 3.87. The van der Waals surface area contributed by atoms with E-state index in [1.165, 1.54) is 0 Å². The number of nitrogens with zero attached hydrogens (tertiary/aromatic N) is 2. The lowest BCUT2D eigenvalue weighted by Crippen LogP contribution is -2.34. The molecule has 0 radical (unpaired) electrons. The summed E-state index contributed by atoms with van der Waals surface area (Å²) in [5.41, 5.74) is 2.25. The van der Waals surface area contributed by atoms with Crippen LogP contribution in [-0.2, 0) is 13.5 Å². The molecule has 5 nitrogen and oxygen atoms in total. The van der Waals surface area contributed by atoms with Crippen LogP contribution in [0.2, 0.25) is 0 Å². The van der Waals surface area contributed by atoms with Crippen molar-refractivity contribution >= 4 is 5.91 Å². The van der Waals surface area contributed by atoms with Gasteiger partial charge in [0.25, 0.3) is 5.91 Å². The van der Waals surface area contributed by atoms with E-state index in [0.717, 1.165) is 11.3 Å². The van der Waals surface area contributed by atoms with E-state index in [9.17, 15) is 9.90 Å². The molecule has 5 heteroatoms. The molecule has 0 fully saturated rings. The van der Waals surface area contributed by atoms with Crippen LogP contribution in [0.3, 0.4) is 0 Å². The monoisotopic (exact) mass is 301 g/mol. The first-order chi connectivity index (χ1) is 10.5. The van der Waals surface area contributed by atoms with E-state index in [4.69, 9.17) is 0 Å². The maximum absolute atomic E-state index is 12.3. The van der Waals surface area contributed by atoms with E-state index < -0.39 is 6.10 Å². The molecule has 0 aliphatic carbocycles. The van der Waals surface area contributed by atoms with Gasteiger partial charge in [-0.15, -0.1) is 0 Å². The van der Waals surface area contributed by atoms with Gasteiger partial charge in [-0.2, -0.15) is 5.10 Å². The molecule has 22 heavy (non-hydrogen) atoms. The van der Waals surface area contributed by atoms with Crippen molar-refractivity contribution in [2.24, 2.45) is 7.05 Å². The number of hydrogen-bond acceptors (Lipinski definition) is 3. The lowest BCUT2D eigenvalue weighted by Gasteiger charge is -2.18. The zero-order valence-electron chi connectivity index (χ0n) is 13.3. The van der Waals surface area contributed by atoms with Crippen molar-refractivity contribution in [3.63, 3.8) is 0 Å². The molecule has 1 aromatic heterocycles. The molecule has 2 rings (SSSR count). The molecular formula is C17H23N3O2. The Morgan fingerprint density at radius 3 is 2.68 bits per heavy atom. The fourth-order valence-corrected chi connectivity index (χ4v) is 2.49. The lowest BCUT2D eigenvalue weighted by molar-refractivity contribution is 0.0916. The van der Waals surface area contributed by atoms with Crippen LogP contribution in [-0.4, -0.2) is 26.8 Å². The van der Waals surface area contributed by atoms with Gasteiger partial charge in [-0.1, -0.05) is 37.3 Å². The molecule has 2 aromatic rings. The molecule has 0 saturated carbocycles. The van der Waals surface area contributed by atoms with Crippen LogP contribution in [0.25, 0.3) is 0 Å². The normalized spacial score (nSPS) is 13.6. The first-order valence-corrected chi connectivity index (χ1v) is 7.57. The molecule has 0 saturated heterocycles. The van der Waals surface area contributed by atoms with Gasteiger partial charge in [0.1, 0.15) is 0 Å². The predicted octanol–water partition coefficient (Wildman–Crippen LogP) is 2.22. The highest BCUT2D eigenvalue weighted by atomic mass is 16.3. The first-order valence-electron chi connectivity index (χ1n) is 7.57. The Morgan fingerprint density at radius 2 is 2.05 bits per heavy atom. The van der Waals surface area contributed by atoms with Crippen LogP contribution in [0.5, 0.6) is 0 Å². The standard InChI is InChI=1S/C17H23N3O2/c1-4-15-14(11-20(3)19-15)17(22)18-12(2)10-16(21)13-8-6-5-7-9-13/h5-9,11-12,16,21H,4,10H2,1-3H3,(H,18,22). The fraction of sp³-hybridized carbons (Fsp3) is 0.412. The summed E-state index contributed by atoms with van der Waals surface area (Å²) in [4.78, 5) is 12.3. The Hall–Kier alpha value is -2.14. The third kappa shape index (κ3) is 3.95. The first kappa shape index (κ1) is 16.2. The van der Waals surface area contributed by atoms with Gasteiger partial charge in [0.2, 0.25) is 0 Å². The van der Waals surface area contributed by atoms with Crippen LogP contribution < -0.4 is 5.32 Å². The lowest BCUT2D eigenvalue weighted by atomic mass is 10.0. The second-order valence-electron chi connectivity index (χ2n) is 5.55. The van der Waals surface area contributed by atoms with E-state index >= 15 is 0 Å². The fourth-order valence-electron chi connectivity index (χ4n) is 2.49.